The molecule has 3 heterocycles. The van der Waals surface area contributed by atoms with E-state index in [1.54, 1.807) is 0 Å². The lowest BCUT2D eigenvalue weighted by molar-refractivity contribution is -0.137. The van der Waals surface area contributed by atoms with E-state index in [-0.39, 0.29) is 57.2 Å². The van der Waals surface area contributed by atoms with Crippen molar-refractivity contribution in [3.63, 3.8) is 0 Å². The number of alkyl halides is 5. The van der Waals surface area contributed by atoms with Crippen LogP contribution >= 0.6 is 0 Å². The number of nitrogens with two attached hydrogens (primary N) is 1. The zero-order chi connectivity index (χ0) is 27.0. The largest absolute Gasteiger partial charge is 0.416 e. The predicted octanol–water partition coefficient (Wildman–Crippen LogP) is 4.61. The van der Waals surface area contributed by atoms with E-state index in [1.807, 2.05) is 0 Å². The van der Waals surface area contributed by atoms with Crippen LogP contribution in [0.15, 0.2) is 24.5 Å². The van der Waals surface area contributed by atoms with Crippen molar-refractivity contribution in [2.75, 3.05) is 42.9 Å². The van der Waals surface area contributed by atoms with Crippen LogP contribution in [-0.2, 0) is 11.0 Å². The summed E-state index contributed by atoms with van der Waals surface area (Å²) in [4.78, 5) is 21.5. The molecule has 0 bridgehead atoms. The number of rotatable bonds is 7. The lowest BCUT2D eigenvalue weighted by atomic mass is 9.92. The highest BCUT2D eigenvalue weighted by Crippen LogP contribution is 2.40. The predicted molar refractivity (Wildman–Crippen MR) is 127 cm³/mol. The number of halogens is 7. The molecule has 1 aromatic heterocycles. The molecule has 4 rings (SSSR count). The molecule has 0 saturated carbocycles. The van der Waals surface area contributed by atoms with Gasteiger partial charge in [0.25, 0.3) is 5.92 Å². The fourth-order valence-corrected chi connectivity index (χ4v) is 4.88. The third-order valence-corrected chi connectivity index (χ3v) is 6.70. The van der Waals surface area contributed by atoms with Gasteiger partial charge in [-0.3, -0.25) is 9.69 Å². The highest BCUT2D eigenvalue weighted by molar-refractivity contribution is 5.75. The Kier molecular flexibility index (Phi) is 8.74. The Hall–Kier alpha value is -3.16. The molecular weight excluding hydrogens is 521 g/mol. The minimum atomic E-state index is -4.71. The zero-order valence-electron chi connectivity index (χ0n) is 19.5. The van der Waals surface area contributed by atoms with Crippen LogP contribution in [0.25, 0.3) is 0 Å². The Bertz CT molecular complexity index is 1150. The maximum atomic E-state index is 15.4. The van der Waals surface area contributed by atoms with E-state index in [9.17, 15) is 31.1 Å². The number of piperidine rings is 1. The van der Waals surface area contributed by atoms with E-state index in [4.69, 9.17) is 5.73 Å². The number of likely N-dealkylation sites (tertiary alicyclic amines) is 1. The van der Waals surface area contributed by atoms with Gasteiger partial charge in [0.15, 0.2) is 11.6 Å². The van der Waals surface area contributed by atoms with E-state index >= 15 is 4.39 Å². The third-order valence-electron chi connectivity index (χ3n) is 6.70. The van der Waals surface area contributed by atoms with Crippen molar-refractivity contribution >= 4 is 17.5 Å². The van der Waals surface area contributed by atoms with Crippen LogP contribution in [0.5, 0.6) is 0 Å². The lowest BCUT2D eigenvalue weighted by Gasteiger charge is -2.38. The molecule has 38 heavy (non-hydrogen) atoms. The van der Waals surface area contributed by atoms with Gasteiger partial charge >= 0.3 is 6.18 Å². The number of carbonyl (C=O) groups is 1. The smallest absolute Gasteiger partial charge is 0.369 e. The Balaban J connectivity index is 0.00000400. The van der Waals surface area contributed by atoms with Crippen LogP contribution in [0.1, 0.15) is 43.9 Å². The minimum Gasteiger partial charge on any atom is -0.369 e. The summed E-state index contributed by atoms with van der Waals surface area (Å²) in [6.45, 7) is -0.767. The number of primary amides is 1. The average molecular weight is 551 g/mol. The van der Waals surface area contributed by atoms with Gasteiger partial charge in [-0.25, -0.2) is 23.1 Å². The van der Waals surface area contributed by atoms with E-state index in [2.05, 4.69) is 15.3 Å². The van der Waals surface area contributed by atoms with Crippen LogP contribution < -0.4 is 16.0 Å². The number of hydrogen-bond acceptors (Lipinski definition) is 6. The molecule has 1 aromatic carbocycles. The summed E-state index contributed by atoms with van der Waals surface area (Å²) < 4.78 is 98.0. The van der Waals surface area contributed by atoms with E-state index in [0.29, 0.717) is 18.9 Å². The van der Waals surface area contributed by atoms with Gasteiger partial charge in [-0.2, -0.15) is 17.6 Å². The first-order valence-corrected chi connectivity index (χ1v) is 11.6. The second-order valence-corrected chi connectivity index (χ2v) is 9.25. The van der Waals surface area contributed by atoms with Gasteiger partial charge in [-0.15, -0.1) is 0 Å². The summed E-state index contributed by atoms with van der Waals surface area (Å²) >= 11 is 0. The monoisotopic (exact) mass is 550 g/mol. The van der Waals surface area contributed by atoms with Gasteiger partial charge in [0.2, 0.25) is 11.7 Å². The molecule has 2 aliphatic heterocycles. The molecule has 2 fully saturated rings. The van der Waals surface area contributed by atoms with Crippen molar-refractivity contribution in [1.82, 2.24) is 14.9 Å². The fourth-order valence-electron chi connectivity index (χ4n) is 4.88. The minimum absolute atomic E-state index is 0. The highest BCUT2D eigenvalue weighted by Gasteiger charge is 2.44. The Morgan fingerprint density at radius 3 is 2.53 bits per heavy atom. The van der Waals surface area contributed by atoms with Crippen LogP contribution in [-0.4, -0.2) is 59.4 Å². The molecular formula is C24H29F7N6O. The molecule has 2 saturated heterocycles. The first-order valence-electron chi connectivity index (χ1n) is 11.6. The molecule has 0 radical (unpaired) electrons. The quantitative estimate of drug-likeness (QED) is 0.490. The number of benzene rings is 1. The zero-order valence-corrected chi connectivity index (χ0v) is 19.5. The van der Waals surface area contributed by atoms with E-state index < -0.39 is 53.7 Å². The number of amides is 1. The molecule has 0 unspecified atom stereocenters. The molecule has 14 heteroatoms. The van der Waals surface area contributed by atoms with Crippen molar-refractivity contribution in [3.05, 3.63) is 47.3 Å². The second-order valence-electron chi connectivity index (χ2n) is 9.25. The van der Waals surface area contributed by atoms with Gasteiger partial charge in [0, 0.05) is 24.6 Å². The highest BCUT2D eigenvalue weighted by atomic mass is 19.4. The number of hydrogen-bond donors (Lipinski definition) is 2. The molecule has 3 N–H and O–H groups in total. The van der Waals surface area contributed by atoms with Gasteiger partial charge in [0.1, 0.15) is 12.1 Å². The molecule has 2 aliphatic rings. The Morgan fingerprint density at radius 2 is 1.89 bits per heavy atom. The first kappa shape index (κ1) is 29.4. The van der Waals surface area contributed by atoms with Gasteiger partial charge in [-0.05, 0) is 37.9 Å². The number of nitrogens with zero attached hydrogens (tertiary/aromatic N) is 4. The van der Waals surface area contributed by atoms with Crippen LogP contribution in [0, 0.1) is 17.6 Å². The standard InChI is InChI=1S/C23H25F7N6O.CH4/c24-16-8-13(23(28,29)30)3-4-15(16)17-2-1-6-36(17)21-19(25)20(33-12-34-21)32-9-14-5-7-35(10-18(31)37)11-22(14,26)27;/h3-4,8,12,14,17H,1-2,5-7,9-11H2,(H2,31,37)(H,32,33,34);1H4/t14-,17+;/m0./s1. The van der Waals surface area contributed by atoms with Gasteiger partial charge < -0.3 is 16.0 Å². The maximum Gasteiger partial charge on any atom is 0.416 e. The number of nitrogens with one attached hydrogen (secondary N) is 1. The molecule has 210 valence electrons. The van der Waals surface area contributed by atoms with E-state index in [0.717, 1.165) is 18.5 Å². The van der Waals surface area contributed by atoms with Crippen molar-refractivity contribution < 1.29 is 35.5 Å². The summed E-state index contributed by atoms with van der Waals surface area (Å²) in [7, 11) is 0. The lowest BCUT2D eigenvalue weighted by Crippen LogP contribution is -2.52. The number of aromatic nitrogens is 2. The maximum absolute atomic E-state index is 15.4. The number of anilines is 2. The SMILES string of the molecule is C.NC(=O)CN1CC[C@@H](CNc2ncnc(N3CCC[C@@H]3c3ccc(C(F)(F)F)cc3F)c2F)C(F)(F)C1. The van der Waals surface area contributed by atoms with Crippen molar-refractivity contribution in [3.8, 4) is 0 Å². The van der Waals surface area contributed by atoms with Crippen molar-refractivity contribution in [2.45, 2.75) is 44.8 Å². The Morgan fingerprint density at radius 1 is 1.16 bits per heavy atom. The van der Waals surface area contributed by atoms with Gasteiger partial charge in [0.05, 0.1) is 24.7 Å². The van der Waals surface area contributed by atoms with E-state index in [1.165, 1.54) is 9.80 Å². The first-order chi connectivity index (χ1) is 17.4. The van der Waals surface area contributed by atoms with Crippen molar-refractivity contribution in [1.29, 1.82) is 0 Å². The molecule has 0 spiro atoms. The summed E-state index contributed by atoms with van der Waals surface area (Å²) in [6.07, 6.45) is -2.78. The molecule has 2 atom stereocenters. The number of carbonyl (C=O) groups excluding carboxylic acids is 1. The summed E-state index contributed by atoms with van der Waals surface area (Å²) in [5.74, 6) is -7.55. The molecule has 0 aliphatic carbocycles. The Labute approximate surface area is 215 Å². The van der Waals surface area contributed by atoms with Crippen LogP contribution in [0.4, 0.5) is 42.4 Å². The second kappa shape index (κ2) is 11.3. The van der Waals surface area contributed by atoms with Crippen molar-refractivity contribution in [2.24, 2.45) is 11.7 Å². The molecule has 2 aromatic rings. The molecule has 1 amide bonds. The normalized spacial score (nSPS) is 21.7. The summed E-state index contributed by atoms with van der Waals surface area (Å²) in [5, 5.41) is 2.61. The summed E-state index contributed by atoms with van der Waals surface area (Å²) in [5.41, 5.74) is 3.92. The van der Waals surface area contributed by atoms with Crippen LogP contribution in [0.3, 0.4) is 0 Å². The average Bonchev–Trinajstić information content (AvgIpc) is 3.27. The van der Waals surface area contributed by atoms with Gasteiger partial charge in [-0.1, -0.05) is 13.5 Å². The fraction of sp³-hybridized carbons (Fsp3) is 0.542. The molecule has 7 nitrogen and oxygen atoms in total. The topological polar surface area (TPSA) is 87.4 Å². The van der Waals surface area contributed by atoms with Crippen LogP contribution in [0.2, 0.25) is 0 Å². The summed E-state index contributed by atoms with van der Waals surface area (Å²) in [6, 6.07) is 1.45. The third kappa shape index (κ3) is 6.27.